The second-order valence-electron chi connectivity index (χ2n) is 5.82. The number of nitrogens with one attached hydrogen (secondary N) is 2. The van der Waals surface area contributed by atoms with E-state index in [2.05, 4.69) is 71.8 Å². The second-order valence-corrected chi connectivity index (χ2v) is 5.82. The number of aromatic nitrogens is 1. The van der Waals surface area contributed by atoms with E-state index in [0.29, 0.717) is 5.92 Å². The third-order valence-corrected chi connectivity index (χ3v) is 4.40. The van der Waals surface area contributed by atoms with Crippen molar-refractivity contribution < 1.29 is 0 Å². The van der Waals surface area contributed by atoms with Crippen molar-refractivity contribution in [1.82, 2.24) is 10.3 Å². The highest BCUT2D eigenvalue weighted by Gasteiger charge is 2.16. The third kappa shape index (κ3) is 2.93. The molecule has 3 rings (SSSR count). The fourth-order valence-electron chi connectivity index (χ4n) is 3.20. The molecule has 0 saturated heterocycles. The van der Waals surface area contributed by atoms with Crippen LogP contribution >= 0.6 is 0 Å². The predicted molar refractivity (Wildman–Crippen MR) is 94.5 cm³/mol. The first kappa shape index (κ1) is 14.9. The van der Waals surface area contributed by atoms with Gasteiger partial charge in [-0.05, 0) is 49.0 Å². The number of fused-ring (bicyclic) bond motifs is 1. The molecule has 1 heterocycles. The van der Waals surface area contributed by atoms with E-state index in [9.17, 15) is 0 Å². The highest BCUT2D eigenvalue weighted by atomic mass is 14.8. The van der Waals surface area contributed by atoms with Crippen LogP contribution in [0.1, 0.15) is 36.1 Å². The van der Waals surface area contributed by atoms with Crippen molar-refractivity contribution in [3.8, 4) is 0 Å². The number of aromatic amines is 1. The maximum Gasteiger partial charge on any atom is 0.0488 e. The van der Waals surface area contributed by atoms with E-state index in [-0.39, 0.29) is 0 Å². The van der Waals surface area contributed by atoms with Gasteiger partial charge in [0.2, 0.25) is 0 Å². The minimum absolute atomic E-state index is 0.408. The van der Waals surface area contributed by atoms with Crippen LogP contribution in [0.4, 0.5) is 0 Å². The van der Waals surface area contributed by atoms with Crippen molar-refractivity contribution in [2.24, 2.45) is 0 Å². The Hall–Kier alpha value is -2.06. The summed E-state index contributed by atoms with van der Waals surface area (Å²) < 4.78 is 0. The molecule has 0 amide bonds. The molecule has 0 bridgehead atoms. The zero-order valence-electron chi connectivity index (χ0n) is 13.4. The van der Waals surface area contributed by atoms with Crippen LogP contribution < -0.4 is 5.32 Å². The van der Waals surface area contributed by atoms with Crippen LogP contribution in [0.2, 0.25) is 0 Å². The first-order valence-electron chi connectivity index (χ1n) is 8.13. The molecule has 0 saturated carbocycles. The van der Waals surface area contributed by atoms with Crippen LogP contribution in [-0.2, 0) is 6.42 Å². The zero-order valence-corrected chi connectivity index (χ0v) is 13.4. The molecular weight excluding hydrogens is 268 g/mol. The minimum atomic E-state index is 0.408. The molecule has 1 atom stereocenters. The lowest BCUT2D eigenvalue weighted by Gasteiger charge is -2.16. The summed E-state index contributed by atoms with van der Waals surface area (Å²) in [6.45, 7) is 3.22. The molecule has 2 N–H and O–H groups in total. The fourth-order valence-corrected chi connectivity index (χ4v) is 3.20. The van der Waals surface area contributed by atoms with Gasteiger partial charge < -0.3 is 10.3 Å². The zero-order chi connectivity index (χ0) is 15.4. The molecule has 0 aliphatic carbocycles. The lowest BCUT2D eigenvalue weighted by Crippen LogP contribution is -2.13. The molecule has 0 aliphatic rings. The van der Waals surface area contributed by atoms with Crippen LogP contribution in [0.25, 0.3) is 10.9 Å². The fraction of sp³-hybridized carbons (Fsp3) is 0.300. The number of benzene rings is 2. The van der Waals surface area contributed by atoms with Gasteiger partial charge in [-0.2, -0.15) is 0 Å². The predicted octanol–water partition coefficient (Wildman–Crippen LogP) is 4.47. The normalized spacial score (nSPS) is 12.6. The highest BCUT2D eigenvalue weighted by molar-refractivity contribution is 5.83. The van der Waals surface area contributed by atoms with Crippen LogP contribution in [-0.4, -0.2) is 18.6 Å². The van der Waals surface area contributed by atoms with E-state index in [1.54, 1.807) is 0 Å². The number of aryl methyl sites for hydroxylation is 1. The summed E-state index contributed by atoms with van der Waals surface area (Å²) in [6.07, 6.45) is 2.15. The van der Waals surface area contributed by atoms with Crippen LogP contribution in [0, 0.1) is 0 Å². The minimum Gasteiger partial charge on any atom is -0.358 e. The van der Waals surface area contributed by atoms with Gasteiger partial charge in [0.05, 0.1) is 0 Å². The average Bonchev–Trinajstić information content (AvgIpc) is 3.00. The van der Waals surface area contributed by atoms with E-state index in [1.807, 2.05) is 7.05 Å². The van der Waals surface area contributed by atoms with E-state index in [0.717, 1.165) is 19.4 Å². The third-order valence-electron chi connectivity index (χ3n) is 4.40. The van der Waals surface area contributed by atoms with Crippen LogP contribution in [0.3, 0.4) is 0 Å². The molecule has 2 nitrogen and oxygen atoms in total. The Morgan fingerprint density at radius 2 is 1.86 bits per heavy atom. The van der Waals surface area contributed by atoms with Crippen LogP contribution in [0.15, 0.2) is 54.6 Å². The highest BCUT2D eigenvalue weighted by Crippen LogP contribution is 2.30. The first-order chi connectivity index (χ1) is 10.8. The Bertz CT molecular complexity index is 728. The SMILES string of the molecule is CCc1cccc2cc(C(CCNC)c3ccccc3)[nH]c12. The van der Waals surface area contributed by atoms with E-state index < -0.39 is 0 Å². The number of para-hydroxylation sites is 1. The molecule has 0 aliphatic heterocycles. The van der Waals surface area contributed by atoms with Crippen molar-refractivity contribution in [2.75, 3.05) is 13.6 Å². The summed E-state index contributed by atoms with van der Waals surface area (Å²) in [5.41, 5.74) is 5.38. The molecule has 0 spiro atoms. The number of hydrogen-bond acceptors (Lipinski definition) is 1. The second kappa shape index (κ2) is 6.80. The summed E-state index contributed by atoms with van der Waals surface area (Å²) in [5.74, 6) is 0.408. The van der Waals surface area contributed by atoms with Gasteiger partial charge in [0, 0.05) is 17.1 Å². The quantitative estimate of drug-likeness (QED) is 0.689. The largest absolute Gasteiger partial charge is 0.358 e. The molecule has 1 aromatic heterocycles. The maximum absolute atomic E-state index is 3.69. The van der Waals surface area contributed by atoms with E-state index in [1.165, 1.54) is 27.7 Å². The molecule has 0 fully saturated rings. The molecule has 2 aromatic carbocycles. The van der Waals surface area contributed by atoms with Gasteiger partial charge in [0.15, 0.2) is 0 Å². The standard InChI is InChI=1S/C20H24N2/c1-3-15-10-7-11-17-14-19(22-20(15)17)18(12-13-21-2)16-8-5-4-6-9-16/h4-11,14,18,21-22H,3,12-13H2,1-2H3. The molecule has 114 valence electrons. The van der Waals surface area contributed by atoms with Gasteiger partial charge in [0.25, 0.3) is 0 Å². The Morgan fingerprint density at radius 1 is 1.05 bits per heavy atom. The molecule has 22 heavy (non-hydrogen) atoms. The number of hydrogen-bond donors (Lipinski definition) is 2. The van der Waals surface area contributed by atoms with Gasteiger partial charge in [-0.15, -0.1) is 0 Å². The molecule has 3 aromatic rings. The summed E-state index contributed by atoms with van der Waals surface area (Å²) in [5, 5.41) is 4.60. The Kier molecular flexibility index (Phi) is 4.59. The summed E-state index contributed by atoms with van der Waals surface area (Å²) >= 11 is 0. The van der Waals surface area contributed by atoms with Crippen molar-refractivity contribution in [1.29, 1.82) is 0 Å². The van der Waals surface area contributed by atoms with Crippen molar-refractivity contribution in [3.63, 3.8) is 0 Å². The van der Waals surface area contributed by atoms with Gasteiger partial charge in [-0.25, -0.2) is 0 Å². The lowest BCUT2D eigenvalue weighted by atomic mass is 9.92. The average molecular weight is 292 g/mol. The lowest BCUT2D eigenvalue weighted by molar-refractivity contribution is 0.653. The first-order valence-corrected chi connectivity index (χ1v) is 8.13. The number of H-pyrrole nitrogens is 1. The topological polar surface area (TPSA) is 27.8 Å². The van der Waals surface area contributed by atoms with Crippen molar-refractivity contribution in [3.05, 3.63) is 71.4 Å². The monoisotopic (exact) mass is 292 g/mol. The van der Waals surface area contributed by atoms with Gasteiger partial charge in [-0.3, -0.25) is 0 Å². The van der Waals surface area contributed by atoms with Crippen molar-refractivity contribution in [2.45, 2.75) is 25.7 Å². The van der Waals surface area contributed by atoms with Gasteiger partial charge in [0.1, 0.15) is 0 Å². The summed E-state index contributed by atoms with van der Waals surface area (Å²) in [6, 6.07) is 19.7. The van der Waals surface area contributed by atoms with Gasteiger partial charge >= 0.3 is 0 Å². The van der Waals surface area contributed by atoms with E-state index >= 15 is 0 Å². The summed E-state index contributed by atoms with van der Waals surface area (Å²) in [4.78, 5) is 3.69. The Morgan fingerprint density at radius 3 is 2.59 bits per heavy atom. The Balaban J connectivity index is 2.04. The smallest absolute Gasteiger partial charge is 0.0488 e. The molecular formula is C20H24N2. The molecule has 2 heteroatoms. The Labute approximate surface area is 132 Å². The summed E-state index contributed by atoms with van der Waals surface area (Å²) in [7, 11) is 2.02. The van der Waals surface area contributed by atoms with Crippen molar-refractivity contribution >= 4 is 10.9 Å². The van der Waals surface area contributed by atoms with Gasteiger partial charge in [-0.1, -0.05) is 55.5 Å². The van der Waals surface area contributed by atoms with E-state index in [4.69, 9.17) is 0 Å². The maximum atomic E-state index is 3.69. The van der Waals surface area contributed by atoms with Crippen LogP contribution in [0.5, 0.6) is 0 Å². The molecule has 0 radical (unpaired) electrons. The molecule has 1 unspecified atom stereocenters. The number of rotatable bonds is 6.